The maximum Gasteiger partial charge on any atom is 0.416 e. The molecule has 0 amide bonds. The van der Waals surface area contributed by atoms with Crippen LogP contribution < -0.4 is 4.74 Å². The van der Waals surface area contributed by atoms with E-state index in [1.54, 1.807) is 6.07 Å². The fourth-order valence-electron chi connectivity index (χ4n) is 3.83. The summed E-state index contributed by atoms with van der Waals surface area (Å²) in [6.07, 6.45) is -4.55. The first-order valence-electron chi connectivity index (χ1n) is 10.5. The Labute approximate surface area is 193 Å². The molecule has 2 heterocycles. The summed E-state index contributed by atoms with van der Waals surface area (Å²) in [5.74, 6) is -0.399. The van der Waals surface area contributed by atoms with E-state index in [0.717, 1.165) is 46.8 Å². The minimum atomic E-state index is -4.36. The molecule has 1 N–H and O–H groups in total. The maximum atomic E-state index is 12.8. The van der Waals surface area contributed by atoms with E-state index >= 15 is 0 Å². The second-order valence-corrected chi connectivity index (χ2v) is 9.25. The standard InChI is InChI=1S/C24H23F3N2O3S/c1-14(23(30)31)32-21-5-3-4-17-12-29(11-10-19(17)21)13-20-15(2)33-22(28-20)16-6-8-18(9-7-16)24(25,26)27/h3-9,14H,10-13H2,1-2H3,(H,30,31). The molecule has 33 heavy (non-hydrogen) atoms. The second-order valence-electron chi connectivity index (χ2n) is 8.05. The summed E-state index contributed by atoms with van der Waals surface area (Å²) < 4.78 is 44.1. The van der Waals surface area contributed by atoms with Crippen molar-refractivity contribution in [1.82, 2.24) is 9.88 Å². The number of fused-ring (bicyclic) bond motifs is 1. The Morgan fingerprint density at radius 1 is 1.24 bits per heavy atom. The monoisotopic (exact) mass is 476 g/mol. The van der Waals surface area contributed by atoms with Crippen LogP contribution in [0.15, 0.2) is 42.5 Å². The number of hydrogen-bond acceptors (Lipinski definition) is 5. The predicted octanol–water partition coefficient (Wildman–Crippen LogP) is 5.55. The van der Waals surface area contributed by atoms with Crippen LogP contribution in [0.2, 0.25) is 0 Å². The van der Waals surface area contributed by atoms with Crippen LogP contribution >= 0.6 is 11.3 Å². The van der Waals surface area contributed by atoms with Crippen LogP contribution in [-0.4, -0.2) is 33.6 Å². The van der Waals surface area contributed by atoms with Gasteiger partial charge >= 0.3 is 12.1 Å². The molecular weight excluding hydrogens is 453 g/mol. The van der Waals surface area contributed by atoms with E-state index in [2.05, 4.69) is 4.90 Å². The number of carboxylic acid groups (broad SMARTS) is 1. The molecule has 1 aliphatic rings. The minimum Gasteiger partial charge on any atom is -0.479 e. The van der Waals surface area contributed by atoms with Gasteiger partial charge in [-0.2, -0.15) is 13.2 Å². The largest absolute Gasteiger partial charge is 0.479 e. The second kappa shape index (κ2) is 9.15. The SMILES string of the molecule is Cc1sc(-c2ccc(C(F)(F)F)cc2)nc1CN1CCc2c(cccc2OC(C)C(=O)O)C1. The third-order valence-corrected chi connectivity index (χ3v) is 6.74. The van der Waals surface area contributed by atoms with E-state index < -0.39 is 23.8 Å². The molecule has 9 heteroatoms. The lowest BCUT2D eigenvalue weighted by Crippen LogP contribution is -2.31. The number of ether oxygens (including phenoxy) is 1. The number of carbonyl (C=O) groups is 1. The van der Waals surface area contributed by atoms with Gasteiger partial charge < -0.3 is 9.84 Å². The lowest BCUT2D eigenvalue weighted by atomic mass is 9.98. The molecule has 174 valence electrons. The summed E-state index contributed by atoms with van der Waals surface area (Å²) in [5, 5.41) is 9.82. The normalized spacial score (nSPS) is 15.2. The highest BCUT2D eigenvalue weighted by Gasteiger charge is 2.30. The van der Waals surface area contributed by atoms with E-state index in [4.69, 9.17) is 14.8 Å². The highest BCUT2D eigenvalue weighted by Crippen LogP contribution is 2.34. The zero-order valence-corrected chi connectivity index (χ0v) is 19.0. The van der Waals surface area contributed by atoms with Gasteiger partial charge in [0.2, 0.25) is 0 Å². The van der Waals surface area contributed by atoms with Gasteiger partial charge in [-0.25, -0.2) is 9.78 Å². The fraction of sp³-hybridized carbons (Fsp3) is 0.333. The van der Waals surface area contributed by atoms with E-state index in [-0.39, 0.29) is 0 Å². The molecule has 0 fully saturated rings. The molecule has 2 aromatic carbocycles. The molecule has 0 radical (unpaired) electrons. The van der Waals surface area contributed by atoms with Gasteiger partial charge in [0, 0.05) is 30.1 Å². The number of halogens is 3. The summed E-state index contributed by atoms with van der Waals surface area (Å²) in [5.41, 5.74) is 3.02. The van der Waals surface area contributed by atoms with Crippen molar-refractivity contribution < 1.29 is 27.8 Å². The first-order valence-corrected chi connectivity index (χ1v) is 11.3. The van der Waals surface area contributed by atoms with Gasteiger partial charge in [0.1, 0.15) is 10.8 Å². The van der Waals surface area contributed by atoms with Crippen LogP contribution in [-0.2, 0) is 30.5 Å². The van der Waals surface area contributed by atoms with Gasteiger partial charge in [0.25, 0.3) is 0 Å². The zero-order chi connectivity index (χ0) is 23.8. The Bertz CT molecular complexity index is 1160. The van der Waals surface area contributed by atoms with E-state index in [1.807, 2.05) is 19.1 Å². The third kappa shape index (κ3) is 5.20. The molecule has 0 aliphatic carbocycles. The zero-order valence-electron chi connectivity index (χ0n) is 18.1. The average Bonchev–Trinajstić information content (AvgIpc) is 3.13. The first-order chi connectivity index (χ1) is 15.6. The van der Waals surface area contributed by atoms with E-state index in [9.17, 15) is 18.0 Å². The van der Waals surface area contributed by atoms with Gasteiger partial charge in [-0.3, -0.25) is 4.90 Å². The quantitative estimate of drug-likeness (QED) is 0.506. The smallest absolute Gasteiger partial charge is 0.416 e. The Hall–Kier alpha value is -2.91. The van der Waals surface area contributed by atoms with Crippen LogP contribution in [0.3, 0.4) is 0 Å². The Morgan fingerprint density at radius 2 is 1.97 bits per heavy atom. The summed E-state index contributed by atoms with van der Waals surface area (Å²) in [4.78, 5) is 19.1. The molecule has 0 saturated heterocycles. The van der Waals surface area contributed by atoms with Crippen LogP contribution in [0.25, 0.3) is 10.6 Å². The van der Waals surface area contributed by atoms with Gasteiger partial charge in [-0.1, -0.05) is 24.3 Å². The van der Waals surface area contributed by atoms with Crippen LogP contribution in [0, 0.1) is 6.92 Å². The summed E-state index contributed by atoms with van der Waals surface area (Å²) in [6.45, 7) is 5.55. The highest BCUT2D eigenvalue weighted by molar-refractivity contribution is 7.15. The molecular formula is C24H23F3N2O3S. The van der Waals surface area contributed by atoms with Crippen LogP contribution in [0.5, 0.6) is 5.75 Å². The summed E-state index contributed by atoms with van der Waals surface area (Å²) in [7, 11) is 0. The molecule has 1 atom stereocenters. The topological polar surface area (TPSA) is 62.7 Å². The number of alkyl halides is 3. The average molecular weight is 477 g/mol. The number of aliphatic carboxylic acids is 1. The van der Waals surface area contributed by atoms with E-state index in [0.29, 0.717) is 29.4 Å². The van der Waals surface area contributed by atoms with Gasteiger partial charge in [-0.05, 0) is 49.6 Å². The number of nitrogens with zero attached hydrogens (tertiary/aromatic N) is 2. The highest BCUT2D eigenvalue weighted by atomic mass is 32.1. The van der Waals surface area contributed by atoms with Gasteiger partial charge in [0.15, 0.2) is 6.10 Å². The van der Waals surface area contributed by atoms with Crippen molar-refractivity contribution >= 4 is 17.3 Å². The van der Waals surface area contributed by atoms with Gasteiger partial charge in [0.05, 0.1) is 11.3 Å². The molecule has 1 unspecified atom stereocenters. The molecule has 1 aliphatic heterocycles. The number of aromatic nitrogens is 1. The van der Waals surface area contributed by atoms with Crippen LogP contribution in [0.4, 0.5) is 13.2 Å². The molecule has 4 rings (SSSR count). The lowest BCUT2D eigenvalue weighted by Gasteiger charge is -2.29. The van der Waals surface area contributed by atoms with Crippen LogP contribution in [0.1, 0.15) is 34.2 Å². The maximum absolute atomic E-state index is 12.8. The molecule has 0 spiro atoms. The Kier molecular flexibility index (Phi) is 6.45. The number of carboxylic acids is 1. The van der Waals surface area contributed by atoms with Gasteiger partial charge in [-0.15, -0.1) is 11.3 Å². The Balaban J connectivity index is 1.47. The van der Waals surface area contributed by atoms with E-state index in [1.165, 1.54) is 30.4 Å². The molecule has 5 nitrogen and oxygen atoms in total. The van der Waals surface area contributed by atoms with Crippen molar-refractivity contribution in [2.45, 2.75) is 45.6 Å². The molecule has 1 aromatic heterocycles. The van der Waals surface area contributed by atoms with Crippen molar-refractivity contribution in [1.29, 1.82) is 0 Å². The molecule has 0 saturated carbocycles. The predicted molar refractivity (Wildman–Crippen MR) is 119 cm³/mol. The van der Waals surface area contributed by atoms with Crippen molar-refractivity contribution in [2.24, 2.45) is 0 Å². The van der Waals surface area contributed by atoms with Crippen molar-refractivity contribution in [3.8, 4) is 16.3 Å². The van der Waals surface area contributed by atoms with Crippen molar-refractivity contribution in [3.63, 3.8) is 0 Å². The summed E-state index contributed by atoms with van der Waals surface area (Å²) >= 11 is 1.47. The number of hydrogen-bond donors (Lipinski definition) is 1. The third-order valence-electron chi connectivity index (χ3n) is 5.68. The number of thiazole rings is 1. The van der Waals surface area contributed by atoms with Crippen molar-refractivity contribution in [3.05, 3.63) is 69.7 Å². The number of aryl methyl sites for hydroxylation is 1. The minimum absolute atomic E-state index is 0.608. The number of benzene rings is 2. The van der Waals surface area contributed by atoms with Crippen molar-refractivity contribution in [2.75, 3.05) is 6.54 Å². The Morgan fingerprint density at radius 3 is 2.64 bits per heavy atom. The fourth-order valence-corrected chi connectivity index (χ4v) is 4.76. The number of rotatable bonds is 6. The first kappa shape index (κ1) is 23.3. The lowest BCUT2D eigenvalue weighted by molar-refractivity contribution is -0.144. The molecule has 3 aromatic rings. The summed E-state index contributed by atoms with van der Waals surface area (Å²) in [6, 6.07) is 10.8. The molecule has 0 bridgehead atoms.